The molecule has 1 saturated heterocycles. The van der Waals surface area contributed by atoms with E-state index in [1.807, 2.05) is 19.1 Å². The average molecular weight is 414 g/mol. The van der Waals surface area contributed by atoms with Gasteiger partial charge < -0.3 is 19.5 Å². The fraction of sp³-hybridized carbons (Fsp3) is 0.571. The summed E-state index contributed by atoms with van der Waals surface area (Å²) in [5.41, 5.74) is 1.99. The van der Waals surface area contributed by atoms with Gasteiger partial charge in [0.2, 0.25) is 5.91 Å². The van der Waals surface area contributed by atoms with Crippen molar-refractivity contribution in [2.24, 2.45) is 0 Å². The molecule has 3 aliphatic rings. The molecular weight excluding hydrogens is 386 g/mol. The minimum absolute atomic E-state index is 0.00700. The molecule has 1 aromatic heterocycles. The van der Waals surface area contributed by atoms with Crippen LogP contribution in [0.4, 0.5) is 11.4 Å². The van der Waals surface area contributed by atoms with Gasteiger partial charge in [-0.3, -0.25) is 4.79 Å². The van der Waals surface area contributed by atoms with Crippen molar-refractivity contribution in [3.63, 3.8) is 0 Å². The van der Waals surface area contributed by atoms with Gasteiger partial charge in [0.1, 0.15) is 5.82 Å². The molecule has 5 rings (SSSR count). The number of nitrogens with one attached hydrogen (secondary N) is 1. The molecular formula is C21H27N5O2S. The smallest absolute Gasteiger partial charge is 0.237 e. The van der Waals surface area contributed by atoms with E-state index in [4.69, 9.17) is 4.74 Å². The number of benzene rings is 1. The van der Waals surface area contributed by atoms with E-state index in [1.165, 1.54) is 43.1 Å². The first-order valence-corrected chi connectivity index (χ1v) is 11.4. The highest BCUT2D eigenvalue weighted by atomic mass is 32.2. The SMILES string of the molecule is C[C@@H](Sc1nnc(C2CC2)n1C1CC1)C(=O)Nc1ccc(N2CCOCC2)cc1. The molecule has 2 aromatic rings. The predicted molar refractivity (Wildman–Crippen MR) is 114 cm³/mol. The van der Waals surface area contributed by atoms with E-state index in [0.29, 0.717) is 12.0 Å². The maximum atomic E-state index is 12.7. The Morgan fingerprint density at radius 1 is 1.14 bits per heavy atom. The van der Waals surface area contributed by atoms with Crippen molar-refractivity contribution in [1.29, 1.82) is 0 Å². The first-order valence-electron chi connectivity index (χ1n) is 10.5. The normalized spacial score (nSPS) is 20.5. The van der Waals surface area contributed by atoms with Crippen LogP contribution < -0.4 is 10.2 Å². The first-order chi connectivity index (χ1) is 14.2. The summed E-state index contributed by atoms with van der Waals surface area (Å²) in [7, 11) is 0. The number of amides is 1. The number of aromatic nitrogens is 3. The Morgan fingerprint density at radius 3 is 2.52 bits per heavy atom. The molecule has 7 nitrogen and oxygen atoms in total. The minimum atomic E-state index is -0.234. The van der Waals surface area contributed by atoms with E-state index in [2.05, 4.69) is 37.1 Å². The highest BCUT2D eigenvalue weighted by Crippen LogP contribution is 2.46. The topological polar surface area (TPSA) is 72.3 Å². The second-order valence-corrected chi connectivity index (χ2v) is 9.42. The molecule has 0 bridgehead atoms. The lowest BCUT2D eigenvalue weighted by molar-refractivity contribution is -0.115. The number of anilines is 2. The molecule has 2 aliphatic carbocycles. The van der Waals surface area contributed by atoms with Crippen molar-refractivity contribution < 1.29 is 9.53 Å². The van der Waals surface area contributed by atoms with E-state index in [1.54, 1.807) is 0 Å². The maximum absolute atomic E-state index is 12.7. The van der Waals surface area contributed by atoms with Crippen LogP contribution in [-0.2, 0) is 9.53 Å². The molecule has 154 valence electrons. The van der Waals surface area contributed by atoms with Gasteiger partial charge in [-0.2, -0.15) is 0 Å². The van der Waals surface area contributed by atoms with Gasteiger partial charge in [0, 0.05) is 36.4 Å². The van der Waals surface area contributed by atoms with Gasteiger partial charge in [-0.15, -0.1) is 10.2 Å². The van der Waals surface area contributed by atoms with Crippen LogP contribution in [0.1, 0.15) is 50.4 Å². The third kappa shape index (κ3) is 4.28. The summed E-state index contributed by atoms with van der Waals surface area (Å²) in [5.74, 6) is 1.69. The van der Waals surface area contributed by atoms with E-state index in [-0.39, 0.29) is 11.2 Å². The summed E-state index contributed by atoms with van der Waals surface area (Å²) in [5, 5.41) is 12.5. The Morgan fingerprint density at radius 2 is 1.86 bits per heavy atom. The highest BCUT2D eigenvalue weighted by Gasteiger charge is 2.37. The molecule has 29 heavy (non-hydrogen) atoms. The molecule has 2 heterocycles. The summed E-state index contributed by atoms with van der Waals surface area (Å²) in [6.07, 6.45) is 4.82. The van der Waals surface area contributed by atoms with Crippen LogP contribution in [0.25, 0.3) is 0 Å². The first kappa shape index (κ1) is 18.9. The molecule has 1 aromatic carbocycles. The van der Waals surface area contributed by atoms with Crippen LogP contribution in [0.5, 0.6) is 0 Å². The molecule has 1 amide bonds. The molecule has 2 saturated carbocycles. The summed E-state index contributed by atoms with van der Waals surface area (Å²) in [6, 6.07) is 8.59. The molecule has 0 unspecified atom stereocenters. The third-order valence-electron chi connectivity index (χ3n) is 5.71. The Balaban J connectivity index is 1.21. The van der Waals surface area contributed by atoms with Gasteiger partial charge in [0.15, 0.2) is 5.16 Å². The summed E-state index contributed by atoms with van der Waals surface area (Å²) < 4.78 is 7.70. The van der Waals surface area contributed by atoms with Crippen molar-refractivity contribution in [1.82, 2.24) is 14.8 Å². The average Bonchev–Trinajstić information content (AvgIpc) is 3.68. The number of nitrogens with zero attached hydrogens (tertiary/aromatic N) is 4. The second-order valence-electron chi connectivity index (χ2n) is 8.11. The molecule has 3 fully saturated rings. The lowest BCUT2D eigenvalue weighted by Crippen LogP contribution is -2.36. The van der Waals surface area contributed by atoms with Crippen molar-refractivity contribution in [3.05, 3.63) is 30.1 Å². The standard InChI is InChI=1S/C21H27N5O2S/c1-14(29-21-24-23-19(15-2-3-15)26(21)18-8-9-18)20(27)22-16-4-6-17(7-5-16)25-10-12-28-13-11-25/h4-7,14-15,18H,2-3,8-13H2,1H3,(H,22,27)/t14-/m1/s1. The van der Waals surface area contributed by atoms with E-state index in [9.17, 15) is 4.79 Å². The van der Waals surface area contributed by atoms with Crippen LogP contribution >= 0.6 is 11.8 Å². The van der Waals surface area contributed by atoms with E-state index >= 15 is 0 Å². The number of rotatable bonds is 7. The van der Waals surface area contributed by atoms with Gasteiger partial charge in [0.25, 0.3) is 0 Å². The zero-order valence-corrected chi connectivity index (χ0v) is 17.5. The molecule has 0 radical (unpaired) electrons. The molecule has 0 spiro atoms. The third-order valence-corrected chi connectivity index (χ3v) is 6.76. The van der Waals surface area contributed by atoms with E-state index < -0.39 is 0 Å². The zero-order chi connectivity index (χ0) is 19.8. The number of carbonyl (C=O) groups excluding carboxylic acids is 1. The number of thioether (sulfide) groups is 1. The number of carbonyl (C=O) groups is 1. The van der Waals surface area contributed by atoms with Crippen LogP contribution in [0.3, 0.4) is 0 Å². The maximum Gasteiger partial charge on any atom is 0.237 e. The van der Waals surface area contributed by atoms with Crippen LogP contribution in [0, 0.1) is 0 Å². The zero-order valence-electron chi connectivity index (χ0n) is 16.7. The predicted octanol–water partition coefficient (Wildman–Crippen LogP) is 3.45. The van der Waals surface area contributed by atoms with Gasteiger partial charge in [-0.25, -0.2) is 0 Å². The summed E-state index contributed by atoms with van der Waals surface area (Å²) in [4.78, 5) is 15.0. The van der Waals surface area contributed by atoms with Gasteiger partial charge >= 0.3 is 0 Å². The van der Waals surface area contributed by atoms with Crippen LogP contribution in [0.2, 0.25) is 0 Å². The van der Waals surface area contributed by atoms with Crippen molar-refractivity contribution in [2.45, 2.75) is 55.0 Å². The molecule has 1 atom stereocenters. The fourth-order valence-electron chi connectivity index (χ4n) is 3.70. The summed E-state index contributed by atoms with van der Waals surface area (Å²) in [6.45, 7) is 5.28. The quantitative estimate of drug-likeness (QED) is 0.701. The second kappa shape index (κ2) is 7.99. The lowest BCUT2D eigenvalue weighted by atomic mass is 10.2. The molecule has 8 heteroatoms. The molecule has 1 aliphatic heterocycles. The number of hydrogen-bond acceptors (Lipinski definition) is 6. The Labute approximate surface area is 175 Å². The monoisotopic (exact) mass is 413 g/mol. The number of ether oxygens (including phenoxy) is 1. The Bertz CT molecular complexity index is 870. The van der Waals surface area contributed by atoms with Crippen molar-refractivity contribution >= 4 is 29.0 Å². The number of hydrogen-bond donors (Lipinski definition) is 1. The lowest BCUT2D eigenvalue weighted by Gasteiger charge is -2.28. The highest BCUT2D eigenvalue weighted by molar-refractivity contribution is 8.00. The largest absolute Gasteiger partial charge is 0.378 e. The van der Waals surface area contributed by atoms with Crippen LogP contribution in [0.15, 0.2) is 29.4 Å². The van der Waals surface area contributed by atoms with E-state index in [0.717, 1.165) is 43.0 Å². The van der Waals surface area contributed by atoms with Gasteiger partial charge in [-0.1, -0.05) is 11.8 Å². The molecule has 1 N–H and O–H groups in total. The fourth-order valence-corrected chi connectivity index (χ4v) is 4.62. The minimum Gasteiger partial charge on any atom is -0.378 e. The Kier molecular flexibility index (Phi) is 5.22. The number of morpholine rings is 1. The van der Waals surface area contributed by atoms with Gasteiger partial charge in [-0.05, 0) is 56.9 Å². The van der Waals surface area contributed by atoms with Crippen molar-refractivity contribution in [2.75, 3.05) is 36.5 Å². The van der Waals surface area contributed by atoms with Gasteiger partial charge in [0.05, 0.1) is 18.5 Å². The Hall–Kier alpha value is -2.06. The van der Waals surface area contributed by atoms with Crippen LogP contribution in [-0.4, -0.2) is 52.2 Å². The summed E-state index contributed by atoms with van der Waals surface area (Å²) >= 11 is 1.51. The van der Waals surface area contributed by atoms with Crippen molar-refractivity contribution in [3.8, 4) is 0 Å².